The molecule has 0 fully saturated rings. The second-order valence-corrected chi connectivity index (χ2v) is 9.30. The molecule has 0 aliphatic heterocycles. The Labute approximate surface area is 205 Å². The van der Waals surface area contributed by atoms with Crippen LogP contribution in [0.15, 0.2) is 42.5 Å². The van der Waals surface area contributed by atoms with E-state index in [-0.39, 0.29) is 0 Å². The van der Waals surface area contributed by atoms with Gasteiger partial charge in [-0.15, -0.1) is 11.3 Å². The van der Waals surface area contributed by atoms with Crippen LogP contribution in [0.2, 0.25) is 0 Å². The normalized spacial score (nSPS) is 12.6. The van der Waals surface area contributed by atoms with Gasteiger partial charge < -0.3 is 19.8 Å². The fourth-order valence-electron chi connectivity index (χ4n) is 4.17. The summed E-state index contributed by atoms with van der Waals surface area (Å²) in [7, 11) is 1.61. The number of nitriles is 1. The molecule has 2 aromatic carbocycles. The van der Waals surface area contributed by atoms with E-state index in [0.29, 0.717) is 33.0 Å². The topological polar surface area (TPSA) is 117 Å². The van der Waals surface area contributed by atoms with Gasteiger partial charge in [-0.3, -0.25) is 4.79 Å². The van der Waals surface area contributed by atoms with Crippen LogP contribution in [0.4, 0.5) is 5.00 Å². The average molecular weight is 487 g/mol. The Bertz CT molecular complexity index is 1460. The molecule has 5 rings (SSSR count). The molecule has 8 nitrogen and oxygen atoms in total. The van der Waals surface area contributed by atoms with Crippen molar-refractivity contribution in [3.63, 3.8) is 0 Å². The van der Waals surface area contributed by atoms with Crippen LogP contribution in [0.1, 0.15) is 39.2 Å². The molecule has 1 aliphatic rings. The third-order valence-corrected chi connectivity index (χ3v) is 7.16. The highest BCUT2D eigenvalue weighted by molar-refractivity contribution is 7.16. The maximum atomic E-state index is 12.6. The van der Waals surface area contributed by atoms with Crippen molar-refractivity contribution in [3.05, 3.63) is 64.0 Å². The van der Waals surface area contributed by atoms with Crippen LogP contribution in [-0.4, -0.2) is 35.6 Å². The standard InChI is InChI=1S/C26H22N4O4S/c1-33-17-9-6-15(7-10-17)24-28-20-11-8-16(12-21(20)29-24)26(32)34-14-23(31)30-25-19(13-27)18-4-2-3-5-22(18)35-25/h6-12H,2-5,14H2,1H3,(H,28,29)(H,30,31). The summed E-state index contributed by atoms with van der Waals surface area (Å²) in [6.45, 7) is -0.440. The summed E-state index contributed by atoms with van der Waals surface area (Å²) in [5, 5.41) is 12.8. The van der Waals surface area contributed by atoms with Crippen molar-refractivity contribution < 1.29 is 19.1 Å². The molecule has 2 heterocycles. The zero-order valence-corrected chi connectivity index (χ0v) is 19.8. The van der Waals surface area contributed by atoms with Gasteiger partial charge in [0.05, 0.1) is 29.3 Å². The number of amides is 1. The summed E-state index contributed by atoms with van der Waals surface area (Å²) in [6, 6.07) is 14.7. The van der Waals surface area contributed by atoms with Gasteiger partial charge in [0.1, 0.15) is 22.6 Å². The van der Waals surface area contributed by atoms with E-state index in [9.17, 15) is 14.9 Å². The summed E-state index contributed by atoms with van der Waals surface area (Å²) in [5.41, 5.74) is 4.14. The molecule has 4 aromatic rings. The number of methoxy groups -OCH3 is 1. The summed E-state index contributed by atoms with van der Waals surface area (Å²) in [4.78, 5) is 33.9. The number of aromatic nitrogens is 2. The minimum atomic E-state index is -0.617. The van der Waals surface area contributed by atoms with Crippen molar-refractivity contribution in [1.29, 1.82) is 5.26 Å². The zero-order chi connectivity index (χ0) is 24.4. The van der Waals surface area contributed by atoms with E-state index in [1.54, 1.807) is 25.3 Å². The maximum absolute atomic E-state index is 12.6. The molecule has 2 aromatic heterocycles. The third kappa shape index (κ3) is 4.61. The first-order valence-corrected chi connectivity index (χ1v) is 12.0. The van der Waals surface area contributed by atoms with E-state index in [0.717, 1.165) is 47.4 Å². The van der Waals surface area contributed by atoms with Crippen LogP contribution in [0, 0.1) is 11.3 Å². The lowest BCUT2D eigenvalue weighted by atomic mass is 9.96. The molecular weight excluding hydrogens is 464 g/mol. The monoisotopic (exact) mass is 486 g/mol. The predicted octanol–water partition coefficient (Wildman–Crippen LogP) is 4.85. The van der Waals surface area contributed by atoms with Crippen LogP contribution >= 0.6 is 11.3 Å². The Morgan fingerprint density at radius 1 is 1.17 bits per heavy atom. The number of imidazole rings is 1. The number of aryl methyl sites for hydroxylation is 1. The molecule has 0 saturated carbocycles. The first-order valence-electron chi connectivity index (χ1n) is 11.2. The Hall–Kier alpha value is -4.16. The fraction of sp³-hybridized carbons (Fsp3) is 0.231. The number of anilines is 1. The largest absolute Gasteiger partial charge is 0.497 e. The van der Waals surface area contributed by atoms with Crippen molar-refractivity contribution in [2.45, 2.75) is 25.7 Å². The summed E-state index contributed by atoms with van der Waals surface area (Å²) >= 11 is 1.44. The molecule has 35 heavy (non-hydrogen) atoms. The quantitative estimate of drug-likeness (QED) is 0.377. The highest BCUT2D eigenvalue weighted by Gasteiger charge is 2.22. The highest BCUT2D eigenvalue weighted by Crippen LogP contribution is 2.37. The number of hydrogen-bond acceptors (Lipinski definition) is 7. The van der Waals surface area contributed by atoms with Gasteiger partial charge in [0.15, 0.2) is 6.61 Å². The number of carbonyl (C=O) groups is 2. The van der Waals surface area contributed by atoms with Crippen LogP contribution in [-0.2, 0) is 22.4 Å². The molecule has 176 valence electrons. The van der Waals surface area contributed by atoms with Crippen LogP contribution in [0.25, 0.3) is 22.4 Å². The minimum absolute atomic E-state index is 0.305. The highest BCUT2D eigenvalue weighted by atomic mass is 32.1. The van der Waals surface area contributed by atoms with Crippen molar-refractivity contribution >= 4 is 39.2 Å². The van der Waals surface area contributed by atoms with Crippen LogP contribution in [0.5, 0.6) is 5.75 Å². The summed E-state index contributed by atoms with van der Waals surface area (Å²) < 4.78 is 10.4. The molecule has 0 spiro atoms. The number of nitrogens with one attached hydrogen (secondary N) is 2. The van der Waals surface area contributed by atoms with Gasteiger partial charge in [-0.1, -0.05) is 0 Å². The Morgan fingerprint density at radius 3 is 2.74 bits per heavy atom. The van der Waals surface area contributed by atoms with Crippen LogP contribution in [0.3, 0.4) is 0 Å². The van der Waals surface area contributed by atoms with Gasteiger partial charge in [0, 0.05) is 10.4 Å². The molecule has 9 heteroatoms. The number of thiophene rings is 1. The smallest absolute Gasteiger partial charge is 0.338 e. The first-order chi connectivity index (χ1) is 17.1. The lowest BCUT2D eigenvalue weighted by Crippen LogP contribution is -2.20. The van der Waals surface area contributed by atoms with Crippen molar-refractivity contribution in [3.8, 4) is 23.2 Å². The Balaban J connectivity index is 1.24. The van der Waals surface area contributed by atoms with Gasteiger partial charge in [-0.25, -0.2) is 9.78 Å². The summed E-state index contributed by atoms with van der Waals surface area (Å²) in [6.07, 6.45) is 3.92. The van der Waals surface area contributed by atoms with Crippen molar-refractivity contribution in [2.75, 3.05) is 19.0 Å². The number of hydrogen-bond donors (Lipinski definition) is 2. The Morgan fingerprint density at radius 2 is 1.97 bits per heavy atom. The van der Waals surface area contributed by atoms with E-state index in [1.807, 2.05) is 24.3 Å². The number of fused-ring (bicyclic) bond motifs is 2. The summed E-state index contributed by atoms with van der Waals surface area (Å²) in [5.74, 6) is 0.326. The predicted molar refractivity (Wildman–Crippen MR) is 133 cm³/mol. The number of carbonyl (C=O) groups excluding carboxylic acids is 2. The number of benzene rings is 2. The first kappa shape index (κ1) is 22.6. The van der Waals surface area contributed by atoms with E-state index in [1.165, 1.54) is 11.3 Å². The van der Waals surface area contributed by atoms with Crippen LogP contribution < -0.4 is 10.1 Å². The van der Waals surface area contributed by atoms with Crippen molar-refractivity contribution in [1.82, 2.24) is 9.97 Å². The number of ether oxygens (including phenoxy) is 2. The van der Waals surface area contributed by atoms with E-state index in [4.69, 9.17) is 9.47 Å². The fourth-order valence-corrected chi connectivity index (χ4v) is 5.43. The lowest BCUT2D eigenvalue weighted by molar-refractivity contribution is -0.119. The van der Waals surface area contributed by atoms with E-state index in [2.05, 4.69) is 21.4 Å². The molecule has 0 unspecified atom stereocenters. The molecule has 0 bridgehead atoms. The number of aromatic amines is 1. The Kier molecular flexibility index (Phi) is 6.21. The minimum Gasteiger partial charge on any atom is -0.497 e. The van der Waals surface area contributed by atoms with Crippen molar-refractivity contribution in [2.24, 2.45) is 0 Å². The number of esters is 1. The zero-order valence-electron chi connectivity index (χ0n) is 19.0. The molecule has 2 N–H and O–H groups in total. The molecule has 0 radical (unpaired) electrons. The maximum Gasteiger partial charge on any atom is 0.338 e. The molecule has 1 amide bonds. The molecular formula is C26H22N4O4S. The van der Waals surface area contributed by atoms with Gasteiger partial charge in [0.25, 0.3) is 5.91 Å². The SMILES string of the molecule is COc1ccc(-c2nc3ccc(C(=O)OCC(=O)Nc4sc5c(c4C#N)CCCC5)cc3[nH]2)cc1. The van der Waals surface area contributed by atoms with Gasteiger partial charge in [-0.2, -0.15) is 5.26 Å². The molecule has 0 saturated heterocycles. The van der Waals surface area contributed by atoms with E-state index < -0.39 is 18.5 Å². The van der Waals surface area contributed by atoms with Gasteiger partial charge >= 0.3 is 5.97 Å². The number of nitrogens with zero attached hydrogens (tertiary/aromatic N) is 2. The second kappa shape index (κ2) is 9.60. The number of H-pyrrole nitrogens is 1. The second-order valence-electron chi connectivity index (χ2n) is 8.20. The van der Waals surface area contributed by atoms with Gasteiger partial charge in [0.2, 0.25) is 0 Å². The third-order valence-electron chi connectivity index (χ3n) is 5.95. The average Bonchev–Trinajstić information content (AvgIpc) is 3.47. The molecule has 1 aliphatic carbocycles. The molecule has 0 atom stereocenters. The number of rotatable bonds is 6. The van der Waals surface area contributed by atoms with E-state index >= 15 is 0 Å². The lowest BCUT2D eigenvalue weighted by Gasteiger charge is -2.09. The van der Waals surface area contributed by atoms with Gasteiger partial charge in [-0.05, 0) is 73.7 Å².